The van der Waals surface area contributed by atoms with Crippen molar-refractivity contribution < 1.29 is 14.7 Å². The quantitative estimate of drug-likeness (QED) is 0.778. The van der Waals surface area contributed by atoms with Crippen molar-refractivity contribution in [3.8, 4) is 11.3 Å². The molecule has 1 aliphatic rings. The van der Waals surface area contributed by atoms with Gasteiger partial charge in [0.05, 0.1) is 12.3 Å². The van der Waals surface area contributed by atoms with E-state index in [1.165, 1.54) is 16.6 Å². The zero-order valence-corrected chi connectivity index (χ0v) is 15.6. The van der Waals surface area contributed by atoms with Crippen molar-refractivity contribution in [2.45, 2.75) is 38.5 Å². The molecule has 0 radical (unpaired) electrons. The Morgan fingerprint density at radius 1 is 1.37 bits per heavy atom. The van der Waals surface area contributed by atoms with Crippen LogP contribution in [0.2, 0.25) is 0 Å². The number of carbonyl (C=O) groups excluding carboxylic acids is 2. The van der Waals surface area contributed by atoms with Crippen molar-refractivity contribution >= 4 is 11.8 Å². The summed E-state index contributed by atoms with van der Waals surface area (Å²) >= 11 is 0. The summed E-state index contributed by atoms with van der Waals surface area (Å²) < 4.78 is 1.53. The van der Waals surface area contributed by atoms with Crippen molar-refractivity contribution in [1.82, 2.24) is 30.2 Å². The van der Waals surface area contributed by atoms with E-state index < -0.39 is 18.2 Å². The van der Waals surface area contributed by atoms with Crippen LogP contribution in [0.4, 0.5) is 0 Å². The number of hydrogen-bond donors (Lipinski definition) is 2. The molecule has 144 valence electrons. The van der Waals surface area contributed by atoms with Crippen LogP contribution in [0, 0.1) is 5.92 Å². The molecule has 3 atom stereocenters. The first kappa shape index (κ1) is 19.0. The number of amides is 2. The summed E-state index contributed by atoms with van der Waals surface area (Å²) in [6, 6.07) is 2.37. The summed E-state index contributed by atoms with van der Waals surface area (Å²) in [7, 11) is 1.52. The molecule has 0 saturated carbocycles. The van der Waals surface area contributed by atoms with Gasteiger partial charge in [-0.15, -0.1) is 5.10 Å². The molecule has 0 aliphatic carbocycles. The Labute approximate surface area is 157 Å². The molecule has 2 aromatic heterocycles. The number of likely N-dealkylation sites (tertiary alicyclic amines) is 1. The van der Waals surface area contributed by atoms with Gasteiger partial charge in [-0.1, -0.05) is 19.1 Å². The molecule has 0 spiro atoms. The van der Waals surface area contributed by atoms with Crippen LogP contribution < -0.4 is 5.32 Å². The molecule has 9 nitrogen and oxygen atoms in total. The Bertz CT molecular complexity index is 806. The molecule has 1 fully saturated rings. The van der Waals surface area contributed by atoms with E-state index in [1.807, 2.05) is 19.9 Å². The summed E-state index contributed by atoms with van der Waals surface area (Å²) in [5.74, 6) is -0.612. The molecule has 1 aliphatic heterocycles. The lowest BCUT2D eigenvalue weighted by Crippen LogP contribution is -2.48. The number of pyridine rings is 1. The van der Waals surface area contributed by atoms with Crippen LogP contribution in [-0.4, -0.2) is 67.5 Å². The highest BCUT2D eigenvalue weighted by molar-refractivity contribution is 5.90. The lowest BCUT2D eigenvalue weighted by atomic mass is 10.0. The SMILES string of the molecule is CNC(=O)[C@@H]1C[C@@H](O)CN1C(=O)C(C(C)C)n1cc(-c2cccnc2)nn1. The van der Waals surface area contributed by atoms with Gasteiger partial charge in [-0.2, -0.15) is 0 Å². The van der Waals surface area contributed by atoms with E-state index in [2.05, 4.69) is 20.6 Å². The Hall–Kier alpha value is -2.81. The second kappa shape index (κ2) is 7.83. The largest absolute Gasteiger partial charge is 0.391 e. The Kier molecular flexibility index (Phi) is 5.50. The Morgan fingerprint density at radius 2 is 2.15 bits per heavy atom. The highest BCUT2D eigenvalue weighted by Gasteiger charge is 2.42. The molecule has 0 aromatic carbocycles. The van der Waals surface area contributed by atoms with E-state index in [0.29, 0.717) is 5.69 Å². The number of nitrogens with one attached hydrogen (secondary N) is 1. The highest BCUT2D eigenvalue weighted by Crippen LogP contribution is 2.27. The third-order valence-corrected chi connectivity index (χ3v) is 4.75. The van der Waals surface area contributed by atoms with Gasteiger partial charge in [0.2, 0.25) is 11.8 Å². The van der Waals surface area contributed by atoms with E-state index in [4.69, 9.17) is 0 Å². The van der Waals surface area contributed by atoms with Crippen molar-refractivity contribution in [3.05, 3.63) is 30.7 Å². The number of nitrogens with zero attached hydrogens (tertiary/aromatic N) is 5. The van der Waals surface area contributed by atoms with E-state index in [9.17, 15) is 14.7 Å². The summed E-state index contributed by atoms with van der Waals surface area (Å²) in [6.07, 6.45) is 4.58. The van der Waals surface area contributed by atoms with Gasteiger partial charge in [0.25, 0.3) is 0 Å². The van der Waals surface area contributed by atoms with Gasteiger partial charge in [-0.3, -0.25) is 14.6 Å². The topological polar surface area (TPSA) is 113 Å². The first-order valence-electron chi connectivity index (χ1n) is 8.94. The van der Waals surface area contributed by atoms with E-state index in [-0.39, 0.29) is 30.7 Å². The monoisotopic (exact) mass is 372 g/mol. The van der Waals surface area contributed by atoms with Crippen LogP contribution in [0.1, 0.15) is 26.3 Å². The Balaban J connectivity index is 1.88. The number of carbonyl (C=O) groups is 2. The molecule has 3 heterocycles. The van der Waals surface area contributed by atoms with Gasteiger partial charge < -0.3 is 15.3 Å². The average molecular weight is 372 g/mol. The number of aromatic nitrogens is 4. The van der Waals surface area contributed by atoms with E-state index >= 15 is 0 Å². The van der Waals surface area contributed by atoms with Crippen LogP contribution in [0.25, 0.3) is 11.3 Å². The average Bonchev–Trinajstić information content (AvgIpc) is 3.28. The molecule has 3 rings (SSSR count). The molecule has 1 saturated heterocycles. The van der Waals surface area contributed by atoms with Gasteiger partial charge in [-0.05, 0) is 18.1 Å². The first-order chi connectivity index (χ1) is 12.9. The fourth-order valence-electron chi connectivity index (χ4n) is 3.41. The van der Waals surface area contributed by atoms with Gasteiger partial charge in [-0.25, -0.2) is 4.68 Å². The van der Waals surface area contributed by atoms with Crippen LogP contribution >= 0.6 is 0 Å². The number of aliphatic hydroxyl groups excluding tert-OH is 1. The van der Waals surface area contributed by atoms with Crippen molar-refractivity contribution in [3.63, 3.8) is 0 Å². The minimum atomic E-state index is -0.717. The fraction of sp³-hybridized carbons (Fsp3) is 0.500. The number of likely N-dealkylation sites (N-methyl/N-ethyl adjacent to an activating group) is 1. The summed E-state index contributed by atoms with van der Waals surface area (Å²) in [4.78, 5) is 30.9. The summed E-state index contributed by atoms with van der Waals surface area (Å²) in [5.41, 5.74) is 1.42. The molecular formula is C18H24N6O3. The number of β-amino-alcohol motifs (C(OH)–C–C–N with tert-alkyl or cyclic N) is 1. The van der Waals surface area contributed by atoms with Crippen molar-refractivity contribution in [2.24, 2.45) is 5.92 Å². The van der Waals surface area contributed by atoms with Crippen molar-refractivity contribution in [1.29, 1.82) is 0 Å². The first-order valence-corrected chi connectivity index (χ1v) is 8.94. The van der Waals surface area contributed by atoms with E-state index in [0.717, 1.165) is 5.56 Å². The minimum Gasteiger partial charge on any atom is -0.391 e. The molecule has 27 heavy (non-hydrogen) atoms. The van der Waals surface area contributed by atoms with Crippen LogP contribution in [0.5, 0.6) is 0 Å². The molecule has 9 heteroatoms. The lowest BCUT2D eigenvalue weighted by molar-refractivity contribution is -0.142. The third kappa shape index (κ3) is 3.82. The maximum atomic E-state index is 13.2. The predicted molar refractivity (Wildman–Crippen MR) is 97.3 cm³/mol. The van der Waals surface area contributed by atoms with Gasteiger partial charge in [0.1, 0.15) is 17.8 Å². The zero-order valence-electron chi connectivity index (χ0n) is 15.6. The number of hydrogen-bond acceptors (Lipinski definition) is 6. The maximum absolute atomic E-state index is 13.2. The summed E-state index contributed by atoms with van der Waals surface area (Å²) in [6.45, 7) is 3.95. The standard InChI is InChI=1S/C18H24N6O3/c1-11(2)16(18(27)23-9-13(25)7-15(23)17(26)19-3)24-10-14(21-22-24)12-5-4-6-20-8-12/h4-6,8,10-11,13,15-16,25H,7,9H2,1-3H3,(H,19,26)/t13-,15+,16?/m1/s1. The zero-order chi connectivity index (χ0) is 19.6. The number of rotatable bonds is 5. The molecule has 0 bridgehead atoms. The molecule has 1 unspecified atom stereocenters. The lowest BCUT2D eigenvalue weighted by Gasteiger charge is -2.29. The number of aliphatic hydroxyl groups is 1. The van der Waals surface area contributed by atoms with Crippen LogP contribution in [0.15, 0.2) is 30.7 Å². The predicted octanol–water partition coefficient (Wildman–Crippen LogP) is 0.245. The van der Waals surface area contributed by atoms with Gasteiger partial charge in [0.15, 0.2) is 0 Å². The molecule has 2 aromatic rings. The molecular weight excluding hydrogens is 348 g/mol. The minimum absolute atomic E-state index is 0.0796. The van der Waals surface area contributed by atoms with Crippen LogP contribution in [0.3, 0.4) is 0 Å². The maximum Gasteiger partial charge on any atom is 0.248 e. The second-order valence-electron chi connectivity index (χ2n) is 7.02. The summed E-state index contributed by atoms with van der Waals surface area (Å²) in [5, 5.41) is 20.9. The Morgan fingerprint density at radius 3 is 2.78 bits per heavy atom. The fourth-order valence-corrected chi connectivity index (χ4v) is 3.41. The molecule has 2 amide bonds. The van der Waals surface area contributed by atoms with Crippen LogP contribution in [-0.2, 0) is 9.59 Å². The molecule has 2 N–H and O–H groups in total. The van der Waals surface area contributed by atoms with E-state index in [1.54, 1.807) is 24.7 Å². The smallest absolute Gasteiger partial charge is 0.248 e. The second-order valence-corrected chi connectivity index (χ2v) is 7.02. The normalized spacial score (nSPS) is 20.7. The van der Waals surface area contributed by atoms with Crippen molar-refractivity contribution in [2.75, 3.05) is 13.6 Å². The third-order valence-electron chi connectivity index (χ3n) is 4.75. The van der Waals surface area contributed by atoms with Gasteiger partial charge in [0, 0.05) is 38.0 Å². The van der Waals surface area contributed by atoms with Gasteiger partial charge >= 0.3 is 0 Å². The highest BCUT2D eigenvalue weighted by atomic mass is 16.3.